The van der Waals surface area contributed by atoms with E-state index < -0.39 is 0 Å². The van der Waals surface area contributed by atoms with E-state index in [2.05, 4.69) is 16.8 Å². The Bertz CT molecular complexity index is 459. The molecule has 3 rings (SSSR count). The molecule has 0 saturated heterocycles. The highest BCUT2D eigenvalue weighted by Crippen LogP contribution is 2.36. The first-order valence-corrected chi connectivity index (χ1v) is 8.63. The number of fused-ring (bicyclic) bond motifs is 1. The van der Waals surface area contributed by atoms with Crippen LogP contribution in [0.25, 0.3) is 0 Å². The number of halogens is 1. The average molecular weight is 298 g/mol. The normalized spacial score (nSPS) is 30.1. The second-order valence-corrected chi connectivity index (χ2v) is 7.01. The van der Waals surface area contributed by atoms with Crippen LogP contribution in [0.15, 0.2) is 11.4 Å². The van der Waals surface area contributed by atoms with E-state index in [1.54, 1.807) is 11.3 Å². The Morgan fingerprint density at radius 1 is 1.37 bits per heavy atom. The lowest BCUT2D eigenvalue weighted by molar-refractivity contribution is -0.123. The fourth-order valence-electron chi connectivity index (χ4n) is 3.45. The number of amides is 1. The van der Waals surface area contributed by atoms with Gasteiger partial charge in [-0.1, -0.05) is 6.42 Å². The van der Waals surface area contributed by atoms with Gasteiger partial charge < -0.3 is 5.32 Å². The van der Waals surface area contributed by atoms with Crippen molar-refractivity contribution in [3.05, 3.63) is 21.9 Å². The maximum atomic E-state index is 12.5. The number of hydrogen-bond donors (Lipinski definition) is 1. The highest BCUT2D eigenvalue weighted by Gasteiger charge is 2.32. The van der Waals surface area contributed by atoms with Crippen LogP contribution < -0.4 is 5.32 Å². The number of hydrogen-bond acceptors (Lipinski definition) is 2. The number of thiophene rings is 1. The van der Waals surface area contributed by atoms with Crippen LogP contribution in [0.4, 0.5) is 0 Å². The summed E-state index contributed by atoms with van der Waals surface area (Å²) in [5.41, 5.74) is 1.27. The molecule has 2 aliphatic rings. The standard InChI is InChI=1S/C15H20ClNOS/c16-9-10-3-1-5-13(10)17-15(18)12-4-2-6-14-11(12)7-8-19-14/h7-8,10,12-13H,1-6,9H2,(H,17,18). The second kappa shape index (κ2) is 5.84. The summed E-state index contributed by atoms with van der Waals surface area (Å²) in [5.74, 6) is 1.43. The third-order valence-corrected chi connectivity index (χ3v) is 5.95. The molecule has 2 nitrogen and oxygen atoms in total. The Morgan fingerprint density at radius 3 is 3.11 bits per heavy atom. The molecule has 3 unspecified atom stereocenters. The third kappa shape index (κ3) is 2.68. The Kier molecular flexibility index (Phi) is 4.13. The van der Waals surface area contributed by atoms with Gasteiger partial charge >= 0.3 is 0 Å². The van der Waals surface area contributed by atoms with E-state index in [9.17, 15) is 4.79 Å². The van der Waals surface area contributed by atoms with Gasteiger partial charge in [-0.15, -0.1) is 22.9 Å². The molecule has 0 aliphatic heterocycles. The lowest BCUT2D eigenvalue weighted by atomic mass is 9.87. The number of aryl methyl sites for hydroxylation is 1. The molecule has 3 atom stereocenters. The zero-order valence-electron chi connectivity index (χ0n) is 11.0. The molecule has 19 heavy (non-hydrogen) atoms. The van der Waals surface area contributed by atoms with Crippen LogP contribution in [-0.4, -0.2) is 17.8 Å². The molecule has 1 aromatic heterocycles. The molecular weight excluding hydrogens is 278 g/mol. The van der Waals surface area contributed by atoms with E-state index in [1.807, 2.05) is 0 Å². The van der Waals surface area contributed by atoms with Crippen molar-refractivity contribution in [2.24, 2.45) is 5.92 Å². The summed E-state index contributed by atoms with van der Waals surface area (Å²) in [6, 6.07) is 2.44. The molecule has 1 saturated carbocycles. The quantitative estimate of drug-likeness (QED) is 0.847. The average Bonchev–Trinajstić information content (AvgIpc) is 3.05. The Labute approximate surface area is 123 Å². The smallest absolute Gasteiger partial charge is 0.227 e. The van der Waals surface area contributed by atoms with Gasteiger partial charge in [-0.05, 0) is 55.0 Å². The van der Waals surface area contributed by atoms with Crippen molar-refractivity contribution in [2.45, 2.75) is 50.5 Å². The molecule has 1 aromatic rings. The van der Waals surface area contributed by atoms with E-state index >= 15 is 0 Å². The first-order chi connectivity index (χ1) is 9.29. The highest BCUT2D eigenvalue weighted by molar-refractivity contribution is 7.10. The third-order valence-electron chi connectivity index (χ3n) is 4.55. The molecular formula is C15H20ClNOS. The molecule has 1 fully saturated rings. The number of carbonyl (C=O) groups is 1. The van der Waals surface area contributed by atoms with Gasteiger partial charge in [0.25, 0.3) is 0 Å². The fraction of sp³-hybridized carbons (Fsp3) is 0.667. The Hall–Kier alpha value is -0.540. The first kappa shape index (κ1) is 13.4. The van der Waals surface area contributed by atoms with Crippen molar-refractivity contribution < 1.29 is 4.79 Å². The summed E-state index contributed by atoms with van der Waals surface area (Å²) in [4.78, 5) is 13.9. The van der Waals surface area contributed by atoms with Crippen LogP contribution in [0.3, 0.4) is 0 Å². The number of rotatable bonds is 3. The van der Waals surface area contributed by atoms with Gasteiger partial charge in [0.05, 0.1) is 5.92 Å². The predicted molar refractivity (Wildman–Crippen MR) is 80.0 cm³/mol. The molecule has 1 heterocycles. The SMILES string of the molecule is O=C(NC1CCCC1CCl)C1CCCc2sccc21. The minimum absolute atomic E-state index is 0.0755. The van der Waals surface area contributed by atoms with Crippen LogP contribution in [0, 0.1) is 5.92 Å². The monoisotopic (exact) mass is 297 g/mol. The highest BCUT2D eigenvalue weighted by atomic mass is 35.5. The summed E-state index contributed by atoms with van der Waals surface area (Å²) in [6.45, 7) is 0. The Balaban J connectivity index is 1.69. The lowest BCUT2D eigenvalue weighted by Gasteiger charge is -2.25. The maximum absolute atomic E-state index is 12.5. The predicted octanol–water partition coefficient (Wildman–Crippen LogP) is 3.69. The molecule has 0 radical (unpaired) electrons. The van der Waals surface area contributed by atoms with Gasteiger partial charge in [0, 0.05) is 16.8 Å². The van der Waals surface area contributed by atoms with Crippen molar-refractivity contribution in [1.29, 1.82) is 0 Å². The zero-order valence-corrected chi connectivity index (χ0v) is 12.6. The minimum Gasteiger partial charge on any atom is -0.353 e. The van der Waals surface area contributed by atoms with E-state index in [4.69, 9.17) is 11.6 Å². The largest absolute Gasteiger partial charge is 0.353 e. The van der Waals surface area contributed by atoms with Gasteiger partial charge in [0.15, 0.2) is 0 Å². The van der Waals surface area contributed by atoms with Crippen molar-refractivity contribution in [2.75, 3.05) is 5.88 Å². The van der Waals surface area contributed by atoms with Crippen LogP contribution in [0.1, 0.15) is 48.5 Å². The van der Waals surface area contributed by atoms with Crippen molar-refractivity contribution in [1.82, 2.24) is 5.32 Å². The van der Waals surface area contributed by atoms with Gasteiger partial charge in [0.1, 0.15) is 0 Å². The summed E-state index contributed by atoms with van der Waals surface area (Å²) in [6.07, 6.45) is 6.71. The number of nitrogens with one attached hydrogen (secondary N) is 1. The molecule has 1 amide bonds. The fourth-order valence-corrected chi connectivity index (χ4v) is 4.81. The summed E-state index contributed by atoms with van der Waals surface area (Å²) in [5, 5.41) is 5.38. The molecule has 4 heteroatoms. The number of carbonyl (C=O) groups excluding carboxylic acids is 1. The van der Waals surface area contributed by atoms with Crippen LogP contribution in [0.5, 0.6) is 0 Å². The minimum atomic E-state index is 0.0755. The van der Waals surface area contributed by atoms with E-state index in [0.29, 0.717) is 17.8 Å². The van der Waals surface area contributed by atoms with E-state index in [1.165, 1.54) is 16.9 Å². The van der Waals surface area contributed by atoms with Gasteiger partial charge in [-0.2, -0.15) is 0 Å². The summed E-state index contributed by atoms with van der Waals surface area (Å²) in [7, 11) is 0. The lowest BCUT2D eigenvalue weighted by Crippen LogP contribution is -2.41. The van der Waals surface area contributed by atoms with Crippen LogP contribution in [-0.2, 0) is 11.2 Å². The molecule has 2 aliphatic carbocycles. The number of alkyl halides is 1. The Morgan fingerprint density at radius 2 is 2.26 bits per heavy atom. The second-order valence-electron chi connectivity index (χ2n) is 5.70. The summed E-state index contributed by atoms with van der Waals surface area (Å²) >= 11 is 7.78. The van der Waals surface area contributed by atoms with Gasteiger partial charge in [-0.25, -0.2) is 0 Å². The topological polar surface area (TPSA) is 29.1 Å². The molecule has 1 N–H and O–H groups in total. The van der Waals surface area contributed by atoms with E-state index in [-0.39, 0.29) is 11.8 Å². The molecule has 0 aromatic carbocycles. The van der Waals surface area contributed by atoms with Crippen molar-refractivity contribution in [3.8, 4) is 0 Å². The van der Waals surface area contributed by atoms with E-state index in [0.717, 1.165) is 32.1 Å². The van der Waals surface area contributed by atoms with Gasteiger partial charge in [0.2, 0.25) is 5.91 Å². The summed E-state index contributed by atoms with van der Waals surface area (Å²) < 4.78 is 0. The molecule has 104 valence electrons. The van der Waals surface area contributed by atoms with Gasteiger partial charge in [-0.3, -0.25) is 4.79 Å². The van der Waals surface area contributed by atoms with Crippen molar-refractivity contribution in [3.63, 3.8) is 0 Å². The molecule has 0 bridgehead atoms. The zero-order chi connectivity index (χ0) is 13.2. The van der Waals surface area contributed by atoms with Crippen molar-refractivity contribution >= 4 is 28.8 Å². The first-order valence-electron chi connectivity index (χ1n) is 7.22. The van der Waals surface area contributed by atoms with Crippen LogP contribution >= 0.6 is 22.9 Å². The molecule has 0 spiro atoms. The van der Waals surface area contributed by atoms with Crippen LogP contribution in [0.2, 0.25) is 0 Å². The maximum Gasteiger partial charge on any atom is 0.227 e.